The normalized spacial score (nSPS) is 14.8. The number of aromatic nitrogens is 1. The Morgan fingerprint density at radius 2 is 1.82 bits per heavy atom. The van der Waals surface area contributed by atoms with Gasteiger partial charge in [0.25, 0.3) is 0 Å². The highest BCUT2D eigenvalue weighted by Gasteiger charge is 2.14. The Kier molecular flexibility index (Phi) is 6.92. The van der Waals surface area contributed by atoms with Crippen molar-refractivity contribution in [3.8, 4) is 0 Å². The topological polar surface area (TPSA) is 74.3 Å². The van der Waals surface area contributed by atoms with Crippen molar-refractivity contribution >= 4 is 29.3 Å². The molecule has 6 nitrogen and oxygen atoms in total. The zero-order valence-corrected chi connectivity index (χ0v) is 16.1. The summed E-state index contributed by atoms with van der Waals surface area (Å²) >= 11 is 0. The van der Waals surface area contributed by atoms with Gasteiger partial charge in [-0.25, -0.2) is 0 Å². The van der Waals surface area contributed by atoms with Crippen LogP contribution in [-0.4, -0.2) is 41.3 Å². The molecule has 28 heavy (non-hydrogen) atoms. The minimum atomic E-state index is -0.230. The van der Waals surface area contributed by atoms with Crippen molar-refractivity contribution in [2.24, 2.45) is 0 Å². The Labute approximate surface area is 165 Å². The predicted octanol–water partition coefficient (Wildman–Crippen LogP) is 3.47. The lowest BCUT2D eigenvalue weighted by atomic mass is 10.1. The van der Waals surface area contributed by atoms with Crippen LogP contribution in [0.3, 0.4) is 0 Å². The third kappa shape index (κ3) is 6.03. The van der Waals surface area contributed by atoms with Gasteiger partial charge in [-0.2, -0.15) is 0 Å². The molecule has 1 aliphatic rings. The standard InChI is InChI=1S/C22H26N4O2/c1-17-5-7-19(24-21(27)8-6-18-9-11-23-12-10-18)15-20(17)25-22(28)16-26-13-3-2-4-14-26/h5-12,15H,2-4,13-14,16H2,1H3,(H,24,27)(H,25,28). The van der Waals surface area contributed by atoms with Crippen LogP contribution in [0.2, 0.25) is 0 Å². The number of aryl methyl sites for hydroxylation is 1. The highest BCUT2D eigenvalue weighted by Crippen LogP contribution is 2.21. The molecule has 1 aromatic heterocycles. The molecular weight excluding hydrogens is 352 g/mol. The second kappa shape index (κ2) is 9.80. The lowest BCUT2D eigenvalue weighted by Gasteiger charge is -2.25. The van der Waals surface area contributed by atoms with Crippen LogP contribution in [0.25, 0.3) is 6.08 Å². The van der Waals surface area contributed by atoms with Gasteiger partial charge in [-0.15, -0.1) is 0 Å². The second-order valence-corrected chi connectivity index (χ2v) is 7.02. The molecule has 0 bridgehead atoms. The number of rotatable bonds is 6. The van der Waals surface area contributed by atoms with E-state index < -0.39 is 0 Å². The summed E-state index contributed by atoms with van der Waals surface area (Å²) in [6, 6.07) is 9.16. The number of pyridine rings is 1. The number of hydrogen-bond acceptors (Lipinski definition) is 4. The molecule has 2 amide bonds. The van der Waals surface area contributed by atoms with Gasteiger partial charge in [-0.05, 0) is 74.3 Å². The summed E-state index contributed by atoms with van der Waals surface area (Å²) in [4.78, 5) is 30.7. The maximum absolute atomic E-state index is 12.4. The van der Waals surface area contributed by atoms with Crippen molar-refractivity contribution in [2.45, 2.75) is 26.2 Å². The van der Waals surface area contributed by atoms with E-state index in [4.69, 9.17) is 0 Å². The summed E-state index contributed by atoms with van der Waals surface area (Å²) in [7, 11) is 0. The molecule has 1 aromatic carbocycles. The molecule has 0 atom stereocenters. The van der Waals surface area contributed by atoms with Crippen LogP contribution < -0.4 is 10.6 Å². The van der Waals surface area contributed by atoms with Crippen molar-refractivity contribution in [1.82, 2.24) is 9.88 Å². The minimum Gasteiger partial charge on any atom is -0.325 e. The van der Waals surface area contributed by atoms with Crippen molar-refractivity contribution in [1.29, 1.82) is 0 Å². The molecular formula is C22H26N4O2. The maximum atomic E-state index is 12.4. The quantitative estimate of drug-likeness (QED) is 0.755. The summed E-state index contributed by atoms with van der Waals surface area (Å²) < 4.78 is 0. The SMILES string of the molecule is Cc1ccc(NC(=O)C=Cc2ccncc2)cc1NC(=O)CN1CCCCC1. The van der Waals surface area contributed by atoms with Gasteiger partial charge in [0, 0.05) is 29.8 Å². The zero-order valence-electron chi connectivity index (χ0n) is 16.1. The monoisotopic (exact) mass is 378 g/mol. The first-order valence-electron chi connectivity index (χ1n) is 9.62. The van der Waals surface area contributed by atoms with E-state index in [2.05, 4.69) is 20.5 Å². The molecule has 2 aromatic rings. The van der Waals surface area contributed by atoms with Gasteiger partial charge in [0.05, 0.1) is 6.54 Å². The first kappa shape index (κ1) is 19.8. The van der Waals surface area contributed by atoms with Crippen LogP contribution in [0.1, 0.15) is 30.4 Å². The van der Waals surface area contributed by atoms with Crippen LogP contribution in [0.4, 0.5) is 11.4 Å². The van der Waals surface area contributed by atoms with E-state index in [1.165, 1.54) is 12.5 Å². The smallest absolute Gasteiger partial charge is 0.248 e. The molecule has 1 saturated heterocycles. The Morgan fingerprint density at radius 3 is 2.57 bits per heavy atom. The molecule has 0 aliphatic carbocycles. The molecule has 1 fully saturated rings. The number of piperidine rings is 1. The molecule has 0 radical (unpaired) electrons. The first-order chi connectivity index (χ1) is 13.6. The fourth-order valence-corrected chi connectivity index (χ4v) is 3.18. The highest BCUT2D eigenvalue weighted by molar-refractivity contribution is 6.02. The Morgan fingerprint density at radius 1 is 1.07 bits per heavy atom. The molecule has 2 heterocycles. The van der Waals surface area contributed by atoms with E-state index in [0.717, 1.165) is 42.7 Å². The number of carbonyl (C=O) groups is 2. The lowest BCUT2D eigenvalue weighted by molar-refractivity contribution is -0.117. The van der Waals surface area contributed by atoms with E-state index in [-0.39, 0.29) is 11.8 Å². The van der Waals surface area contributed by atoms with Crippen molar-refractivity contribution in [3.63, 3.8) is 0 Å². The fraction of sp³-hybridized carbons (Fsp3) is 0.318. The lowest BCUT2D eigenvalue weighted by Crippen LogP contribution is -2.36. The average Bonchev–Trinajstić information content (AvgIpc) is 2.70. The van der Waals surface area contributed by atoms with Crippen LogP contribution in [0, 0.1) is 6.92 Å². The molecule has 0 spiro atoms. The molecule has 3 rings (SSSR count). The Bertz CT molecular complexity index is 843. The van der Waals surface area contributed by atoms with Gasteiger partial charge in [0.2, 0.25) is 11.8 Å². The summed E-state index contributed by atoms with van der Waals surface area (Å²) in [6.07, 6.45) is 10.1. The Balaban J connectivity index is 1.58. The molecule has 0 saturated carbocycles. The average molecular weight is 378 g/mol. The van der Waals surface area contributed by atoms with Crippen molar-refractivity contribution in [2.75, 3.05) is 30.3 Å². The molecule has 2 N–H and O–H groups in total. The third-order valence-corrected chi connectivity index (χ3v) is 4.73. The van der Waals surface area contributed by atoms with Gasteiger partial charge in [0.1, 0.15) is 0 Å². The van der Waals surface area contributed by atoms with Gasteiger partial charge in [0.15, 0.2) is 0 Å². The molecule has 6 heteroatoms. The summed E-state index contributed by atoms with van der Waals surface area (Å²) in [5.74, 6) is -0.252. The second-order valence-electron chi connectivity index (χ2n) is 7.02. The third-order valence-electron chi connectivity index (χ3n) is 4.73. The number of nitrogens with zero attached hydrogens (tertiary/aromatic N) is 2. The molecule has 146 valence electrons. The number of benzene rings is 1. The van der Waals surface area contributed by atoms with Gasteiger partial charge < -0.3 is 10.6 Å². The zero-order chi connectivity index (χ0) is 19.8. The maximum Gasteiger partial charge on any atom is 0.248 e. The van der Waals surface area contributed by atoms with Crippen molar-refractivity contribution in [3.05, 3.63) is 59.9 Å². The Hall–Kier alpha value is -2.99. The number of amides is 2. The van der Waals surface area contributed by atoms with Gasteiger partial charge >= 0.3 is 0 Å². The summed E-state index contributed by atoms with van der Waals surface area (Å²) in [5, 5.41) is 5.80. The highest BCUT2D eigenvalue weighted by atomic mass is 16.2. The van der Waals surface area contributed by atoms with Crippen molar-refractivity contribution < 1.29 is 9.59 Å². The largest absolute Gasteiger partial charge is 0.325 e. The van der Waals surface area contributed by atoms with E-state index in [1.54, 1.807) is 24.5 Å². The van der Waals surface area contributed by atoms with E-state index in [1.807, 2.05) is 31.2 Å². The van der Waals surface area contributed by atoms with E-state index in [9.17, 15) is 9.59 Å². The molecule has 0 unspecified atom stereocenters. The van der Waals surface area contributed by atoms with Gasteiger partial charge in [-0.3, -0.25) is 19.5 Å². The van der Waals surface area contributed by atoms with E-state index >= 15 is 0 Å². The number of likely N-dealkylation sites (tertiary alicyclic amines) is 1. The fourth-order valence-electron chi connectivity index (χ4n) is 3.18. The van der Waals surface area contributed by atoms with Crippen LogP contribution >= 0.6 is 0 Å². The first-order valence-corrected chi connectivity index (χ1v) is 9.62. The number of hydrogen-bond donors (Lipinski definition) is 2. The molecule has 1 aliphatic heterocycles. The number of carbonyl (C=O) groups excluding carboxylic acids is 2. The number of nitrogens with one attached hydrogen (secondary N) is 2. The predicted molar refractivity (Wildman–Crippen MR) is 112 cm³/mol. The van der Waals surface area contributed by atoms with Crippen LogP contribution in [-0.2, 0) is 9.59 Å². The minimum absolute atomic E-state index is 0.0222. The summed E-state index contributed by atoms with van der Waals surface area (Å²) in [6.45, 7) is 4.30. The van der Waals surface area contributed by atoms with E-state index in [0.29, 0.717) is 12.2 Å². The van der Waals surface area contributed by atoms with Gasteiger partial charge in [-0.1, -0.05) is 12.5 Å². The van der Waals surface area contributed by atoms with Crippen LogP contribution in [0.15, 0.2) is 48.8 Å². The van der Waals surface area contributed by atoms with Crippen LogP contribution in [0.5, 0.6) is 0 Å². The number of anilines is 2. The summed E-state index contributed by atoms with van der Waals surface area (Å²) in [5.41, 5.74) is 3.22.